The van der Waals surface area contributed by atoms with Gasteiger partial charge in [0.05, 0.1) is 30.0 Å². The molecule has 0 aromatic heterocycles. The van der Waals surface area contributed by atoms with Gasteiger partial charge in [-0.25, -0.2) is 4.39 Å². The molecule has 0 saturated carbocycles. The Labute approximate surface area is 235 Å². The lowest BCUT2D eigenvalue weighted by molar-refractivity contribution is -0.138. The number of rotatable bonds is 7. The molecule has 10 heteroatoms. The topological polar surface area (TPSA) is 65.8 Å². The number of fused-ring (bicyclic) bond motifs is 1. The summed E-state index contributed by atoms with van der Waals surface area (Å²) in [6, 6.07) is 13.5. The molecule has 5 rings (SSSR count). The van der Waals surface area contributed by atoms with Gasteiger partial charge in [-0.05, 0) is 86.1 Å². The standard InChI is InChI=1S/C31H27F4N3O3/c1-40-29-17-20(5-10-28(29)41-27-9-6-21(19-36)16-25(27)31(33,34)35)15-24-23-18-22(32)7-8-26(23)38(30(24)39)14-13-37-11-3-2-4-12-37/h5-10,15-18H,2-4,11-14H2,1H3. The number of halogens is 4. The molecule has 2 aliphatic rings. The minimum absolute atomic E-state index is 0.0113. The second kappa shape index (κ2) is 11.6. The van der Waals surface area contributed by atoms with E-state index >= 15 is 0 Å². The van der Waals surface area contributed by atoms with Crippen LogP contribution < -0.4 is 14.4 Å². The number of benzene rings is 3. The lowest BCUT2D eigenvalue weighted by Crippen LogP contribution is -2.39. The SMILES string of the molecule is COc1cc(C=C2C(=O)N(CCN3CCCCC3)c3ccc(F)cc32)ccc1Oc1ccc(C#N)cc1C(F)(F)F. The van der Waals surface area contributed by atoms with Crippen molar-refractivity contribution in [1.82, 2.24) is 4.90 Å². The van der Waals surface area contributed by atoms with Crippen LogP contribution in [0.3, 0.4) is 0 Å². The Bertz CT molecular complexity index is 1540. The van der Waals surface area contributed by atoms with Gasteiger partial charge in [-0.1, -0.05) is 12.5 Å². The summed E-state index contributed by atoms with van der Waals surface area (Å²) in [6.45, 7) is 3.16. The van der Waals surface area contributed by atoms with Gasteiger partial charge < -0.3 is 19.3 Å². The molecule has 1 fully saturated rings. The highest BCUT2D eigenvalue weighted by atomic mass is 19.4. The van der Waals surface area contributed by atoms with Crippen molar-refractivity contribution in [2.45, 2.75) is 25.4 Å². The highest BCUT2D eigenvalue weighted by Gasteiger charge is 2.36. The van der Waals surface area contributed by atoms with Gasteiger partial charge in [0, 0.05) is 24.2 Å². The van der Waals surface area contributed by atoms with Crippen molar-refractivity contribution in [3.8, 4) is 23.3 Å². The van der Waals surface area contributed by atoms with Gasteiger partial charge in [-0.15, -0.1) is 0 Å². The van der Waals surface area contributed by atoms with Crippen LogP contribution in [0.15, 0.2) is 54.6 Å². The van der Waals surface area contributed by atoms with Gasteiger partial charge in [0.25, 0.3) is 5.91 Å². The molecule has 0 radical (unpaired) electrons. The van der Waals surface area contributed by atoms with Crippen molar-refractivity contribution >= 4 is 23.2 Å². The van der Waals surface area contributed by atoms with E-state index in [0.29, 0.717) is 35.5 Å². The number of anilines is 1. The lowest BCUT2D eigenvalue weighted by atomic mass is 10.0. The molecule has 212 valence electrons. The molecule has 0 spiro atoms. The van der Waals surface area contributed by atoms with Crippen molar-refractivity contribution in [2.24, 2.45) is 0 Å². The smallest absolute Gasteiger partial charge is 0.420 e. The number of nitriles is 1. The lowest BCUT2D eigenvalue weighted by Gasteiger charge is -2.28. The summed E-state index contributed by atoms with van der Waals surface area (Å²) in [5.74, 6) is -1.07. The third-order valence-electron chi connectivity index (χ3n) is 7.24. The van der Waals surface area contributed by atoms with E-state index in [0.717, 1.165) is 38.1 Å². The average Bonchev–Trinajstić information content (AvgIpc) is 3.22. The molecule has 3 aromatic rings. The molecular weight excluding hydrogens is 538 g/mol. The molecule has 0 unspecified atom stereocenters. The van der Waals surface area contributed by atoms with Crippen LogP contribution in [0.2, 0.25) is 0 Å². The van der Waals surface area contributed by atoms with Crippen LogP contribution in [0.5, 0.6) is 17.2 Å². The fourth-order valence-corrected chi connectivity index (χ4v) is 5.17. The summed E-state index contributed by atoms with van der Waals surface area (Å²) >= 11 is 0. The van der Waals surface area contributed by atoms with Crippen LogP contribution in [0.4, 0.5) is 23.2 Å². The van der Waals surface area contributed by atoms with Gasteiger partial charge in [0.2, 0.25) is 0 Å². The molecule has 6 nitrogen and oxygen atoms in total. The largest absolute Gasteiger partial charge is 0.493 e. The van der Waals surface area contributed by atoms with E-state index in [2.05, 4.69) is 4.90 Å². The molecule has 41 heavy (non-hydrogen) atoms. The number of likely N-dealkylation sites (tertiary alicyclic amines) is 1. The van der Waals surface area contributed by atoms with Gasteiger partial charge >= 0.3 is 6.18 Å². The molecule has 0 N–H and O–H groups in total. The Morgan fingerprint density at radius 3 is 2.41 bits per heavy atom. The molecular formula is C31H27F4N3O3. The zero-order valence-electron chi connectivity index (χ0n) is 22.3. The van der Waals surface area contributed by atoms with Crippen LogP contribution in [-0.2, 0) is 11.0 Å². The molecule has 0 aliphatic carbocycles. The van der Waals surface area contributed by atoms with E-state index in [4.69, 9.17) is 14.7 Å². The molecule has 2 heterocycles. The van der Waals surface area contributed by atoms with Crippen molar-refractivity contribution < 1.29 is 31.8 Å². The van der Waals surface area contributed by atoms with Gasteiger partial charge in [0.1, 0.15) is 11.6 Å². The normalized spacial score (nSPS) is 16.5. The number of hydrogen-bond donors (Lipinski definition) is 0. The summed E-state index contributed by atoms with van der Waals surface area (Å²) in [5, 5.41) is 9.01. The van der Waals surface area contributed by atoms with Crippen LogP contribution in [-0.4, -0.2) is 44.1 Å². The average molecular weight is 566 g/mol. The summed E-state index contributed by atoms with van der Waals surface area (Å²) in [7, 11) is 1.34. The van der Waals surface area contributed by atoms with Crippen molar-refractivity contribution in [3.63, 3.8) is 0 Å². The summed E-state index contributed by atoms with van der Waals surface area (Å²) in [4.78, 5) is 17.5. The fraction of sp³-hybridized carbons (Fsp3) is 0.290. The number of alkyl halides is 3. The molecule has 2 aliphatic heterocycles. The van der Waals surface area contributed by atoms with Crippen molar-refractivity contribution in [2.75, 3.05) is 38.2 Å². The molecule has 1 amide bonds. The Kier molecular flexibility index (Phi) is 7.99. The van der Waals surface area contributed by atoms with E-state index < -0.39 is 23.3 Å². The van der Waals surface area contributed by atoms with Crippen LogP contribution in [0.1, 0.15) is 41.5 Å². The van der Waals surface area contributed by atoms with Crippen molar-refractivity contribution in [1.29, 1.82) is 5.26 Å². The van der Waals surface area contributed by atoms with E-state index in [1.54, 1.807) is 29.2 Å². The number of carbonyl (C=O) groups is 1. The number of ether oxygens (including phenoxy) is 2. The second-order valence-electron chi connectivity index (χ2n) is 9.91. The minimum atomic E-state index is -4.74. The summed E-state index contributed by atoms with van der Waals surface area (Å²) < 4.78 is 66.1. The minimum Gasteiger partial charge on any atom is -0.493 e. The van der Waals surface area contributed by atoms with Gasteiger partial charge in [0.15, 0.2) is 11.5 Å². The fourth-order valence-electron chi connectivity index (χ4n) is 5.17. The zero-order valence-corrected chi connectivity index (χ0v) is 22.3. The quantitative estimate of drug-likeness (QED) is 0.231. The molecule has 0 bridgehead atoms. The first-order valence-corrected chi connectivity index (χ1v) is 13.2. The Morgan fingerprint density at radius 1 is 0.951 bits per heavy atom. The first-order chi connectivity index (χ1) is 19.7. The van der Waals surface area contributed by atoms with Crippen LogP contribution >= 0.6 is 0 Å². The maximum absolute atomic E-state index is 14.2. The first kappa shape index (κ1) is 28.2. The third kappa shape index (κ3) is 6.05. The Morgan fingerprint density at radius 2 is 1.71 bits per heavy atom. The zero-order chi connectivity index (χ0) is 29.1. The highest BCUT2D eigenvalue weighted by Crippen LogP contribution is 2.42. The first-order valence-electron chi connectivity index (χ1n) is 13.2. The predicted molar refractivity (Wildman–Crippen MR) is 146 cm³/mol. The number of piperidine rings is 1. The monoisotopic (exact) mass is 565 g/mol. The Hall–Kier alpha value is -4.36. The number of methoxy groups -OCH3 is 1. The number of carbonyl (C=O) groups excluding carboxylic acids is 1. The van der Waals surface area contributed by atoms with E-state index in [1.165, 1.54) is 43.9 Å². The van der Waals surface area contributed by atoms with Crippen LogP contribution in [0, 0.1) is 17.1 Å². The van der Waals surface area contributed by atoms with Crippen LogP contribution in [0.25, 0.3) is 11.6 Å². The van der Waals surface area contributed by atoms with E-state index in [1.807, 2.05) is 0 Å². The maximum atomic E-state index is 14.2. The number of hydrogen-bond acceptors (Lipinski definition) is 5. The second-order valence-corrected chi connectivity index (χ2v) is 9.91. The van der Waals surface area contributed by atoms with Crippen molar-refractivity contribution in [3.05, 3.63) is 82.7 Å². The number of nitrogens with zero attached hydrogens (tertiary/aromatic N) is 3. The van der Waals surface area contributed by atoms with E-state index in [-0.39, 0.29) is 23.0 Å². The maximum Gasteiger partial charge on any atom is 0.420 e. The summed E-state index contributed by atoms with van der Waals surface area (Å²) in [6.07, 6.45) is 0.330. The number of amides is 1. The molecule has 3 aromatic carbocycles. The molecule has 1 saturated heterocycles. The summed E-state index contributed by atoms with van der Waals surface area (Å²) in [5.41, 5.74) is 0.681. The van der Waals surface area contributed by atoms with E-state index in [9.17, 15) is 22.4 Å². The third-order valence-corrected chi connectivity index (χ3v) is 7.24. The molecule has 0 atom stereocenters. The predicted octanol–water partition coefficient (Wildman–Crippen LogP) is 6.89. The Balaban J connectivity index is 1.44. The van der Waals surface area contributed by atoms with Gasteiger partial charge in [-0.3, -0.25) is 4.79 Å². The van der Waals surface area contributed by atoms with Gasteiger partial charge in [-0.2, -0.15) is 18.4 Å². The highest BCUT2D eigenvalue weighted by molar-refractivity contribution is 6.35.